The maximum absolute atomic E-state index is 12.8. The molecule has 2 amide bonds. The molecule has 1 aliphatic rings. The van der Waals surface area contributed by atoms with Crippen molar-refractivity contribution in [2.45, 2.75) is 13.5 Å². The Kier molecular flexibility index (Phi) is 6.81. The van der Waals surface area contributed by atoms with Gasteiger partial charge in [-0.3, -0.25) is 14.4 Å². The summed E-state index contributed by atoms with van der Waals surface area (Å²) in [5.74, 6) is 0.970. The van der Waals surface area contributed by atoms with Crippen LogP contribution in [0.5, 0.6) is 0 Å². The third kappa shape index (κ3) is 4.80. The van der Waals surface area contributed by atoms with E-state index < -0.39 is 5.91 Å². The van der Waals surface area contributed by atoms with E-state index in [2.05, 4.69) is 9.97 Å². The lowest BCUT2D eigenvalue weighted by Crippen LogP contribution is -2.50. The van der Waals surface area contributed by atoms with E-state index in [1.54, 1.807) is 18.3 Å². The van der Waals surface area contributed by atoms with Gasteiger partial charge < -0.3 is 25.2 Å². The molecule has 1 aliphatic heterocycles. The van der Waals surface area contributed by atoms with Crippen LogP contribution in [-0.4, -0.2) is 69.0 Å². The van der Waals surface area contributed by atoms with Crippen LogP contribution in [0.4, 0.5) is 5.82 Å². The molecule has 4 rings (SSSR count). The summed E-state index contributed by atoms with van der Waals surface area (Å²) in [5.41, 5.74) is 7.72. The van der Waals surface area contributed by atoms with Crippen molar-refractivity contribution in [2.75, 3.05) is 31.1 Å². The van der Waals surface area contributed by atoms with E-state index in [1.807, 2.05) is 45.6 Å². The molecule has 31 heavy (non-hydrogen) atoms. The van der Waals surface area contributed by atoms with Gasteiger partial charge in [0, 0.05) is 32.4 Å². The maximum Gasteiger partial charge on any atom is 0.290 e. The van der Waals surface area contributed by atoms with Gasteiger partial charge in [0.15, 0.2) is 0 Å². The summed E-state index contributed by atoms with van der Waals surface area (Å²) in [6.45, 7) is 4.28. The predicted molar refractivity (Wildman–Crippen MR) is 115 cm³/mol. The zero-order chi connectivity index (χ0) is 22.4. The van der Waals surface area contributed by atoms with E-state index >= 15 is 0 Å². The second kappa shape index (κ2) is 9.70. The molecule has 0 aliphatic carbocycles. The fourth-order valence-electron chi connectivity index (χ4n) is 3.64. The van der Waals surface area contributed by atoms with Gasteiger partial charge >= 0.3 is 0 Å². The number of imidazole rings is 1. The van der Waals surface area contributed by atoms with Gasteiger partial charge in [0.2, 0.25) is 5.91 Å². The van der Waals surface area contributed by atoms with Crippen LogP contribution in [0.2, 0.25) is 0 Å². The molecule has 0 atom stereocenters. The standard InChI is InChI=1S/C20H22N6O2.CH2O2/c1-14-23-16-6-2-3-7-17(16)26(14)13-18(27)24-9-11-25(12-10-24)20-15(19(21)28)5-4-8-22-20;2-1-3/h2-8H,9-13H2,1H3,(H2,21,28);1H,(H,2,3). The number of carbonyl (C=O) groups excluding carboxylic acids is 2. The Morgan fingerprint density at radius 1 is 1.13 bits per heavy atom. The minimum Gasteiger partial charge on any atom is -0.483 e. The summed E-state index contributed by atoms with van der Waals surface area (Å²) in [5, 5.41) is 6.89. The fourth-order valence-corrected chi connectivity index (χ4v) is 3.64. The zero-order valence-electron chi connectivity index (χ0n) is 17.1. The van der Waals surface area contributed by atoms with Crippen molar-refractivity contribution in [2.24, 2.45) is 5.73 Å². The number of rotatable bonds is 4. The van der Waals surface area contributed by atoms with Gasteiger partial charge in [-0.1, -0.05) is 12.1 Å². The smallest absolute Gasteiger partial charge is 0.290 e. The third-order valence-corrected chi connectivity index (χ3v) is 5.12. The Morgan fingerprint density at radius 3 is 2.48 bits per heavy atom. The number of anilines is 1. The fraction of sp³-hybridized carbons (Fsp3) is 0.286. The normalized spacial score (nSPS) is 13.5. The number of pyridine rings is 1. The van der Waals surface area contributed by atoms with Crippen LogP contribution in [0.25, 0.3) is 11.0 Å². The number of hydrogen-bond donors (Lipinski definition) is 2. The van der Waals surface area contributed by atoms with Crippen LogP contribution in [0, 0.1) is 6.92 Å². The molecule has 0 saturated carbocycles. The quantitative estimate of drug-likeness (QED) is 0.594. The number of nitrogens with zero attached hydrogens (tertiary/aromatic N) is 5. The first-order chi connectivity index (χ1) is 15.0. The van der Waals surface area contributed by atoms with Crippen molar-refractivity contribution < 1.29 is 19.5 Å². The number of nitrogens with two attached hydrogens (primary N) is 1. The zero-order valence-corrected chi connectivity index (χ0v) is 17.1. The van der Waals surface area contributed by atoms with Gasteiger partial charge in [-0.05, 0) is 31.2 Å². The van der Waals surface area contributed by atoms with Gasteiger partial charge in [0.05, 0.1) is 16.6 Å². The van der Waals surface area contributed by atoms with Crippen LogP contribution in [0.1, 0.15) is 16.2 Å². The summed E-state index contributed by atoms with van der Waals surface area (Å²) in [6, 6.07) is 11.2. The summed E-state index contributed by atoms with van der Waals surface area (Å²) in [6.07, 6.45) is 1.65. The number of aryl methyl sites for hydroxylation is 1. The van der Waals surface area contributed by atoms with Crippen LogP contribution in [0.15, 0.2) is 42.6 Å². The number of primary amides is 1. The van der Waals surface area contributed by atoms with E-state index in [-0.39, 0.29) is 18.9 Å². The molecule has 0 bridgehead atoms. The van der Waals surface area contributed by atoms with Gasteiger partial charge in [0.1, 0.15) is 18.2 Å². The van der Waals surface area contributed by atoms with E-state index in [4.69, 9.17) is 15.6 Å². The van der Waals surface area contributed by atoms with Crippen LogP contribution >= 0.6 is 0 Å². The minimum atomic E-state index is -0.496. The highest BCUT2D eigenvalue weighted by molar-refractivity contribution is 5.97. The number of carbonyl (C=O) groups is 3. The number of hydrogen-bond acceptors (Lipinski definition) is 6. The summed E-state index contributed by atoms with van der Waals surface area (Å²) in [7, 11) is 0. The van der Waals surface area contributed by atoms with E-state index in [0.29, 0.717) is 37.6 Å². The first-order valence-electron chi connectivity index (χ1n) is 9.73. The van der Waals surface area contributed by atoms with Crippen molar-refractivity contribution in [3.63, 3.8) is 0 Å². The molecular weight excluding hydrogens is 400 g/mol. The second-order valence-electron chi connectivity index (χ2n) is 6.95. The average molecular weight is 424 g/mol. The lowest BCUT2D eigenvalue weighted by Gasteiger charge is -2.36. The highest BCUT2D eigenvalue weighted by Gasteiger charge is 2.25. The van der Waals surface area contributed by atoms with Crippen molar-refractivity contribution in [1.29, 1.82) is 0 Å². The molecule has 0 radical (unpaired) electrons. The lowest BCUT2D eigenvalue weighted by molar-refractivity contribution is -0.132. The van der Waals surface area contributed by atoms with E-state index in [9.17, 15) is 9.59 Å². The van der Waals surface area contributed by atoms with Crippen LogP contribution in [0.3, 0.4) is 0 Å². The van der Waals surface area contributed by atoms with Crippen LogP contribution in [-0.2, 0) is 16.1 Å². The van der Waals surface area contributed by atoms with E-state index in [1.165, 1.54) is 0 Å². The summed E-state index contributed by atoms with van der Waals surface area (Å²) >= 11 is 0. The molecule has 3 aromatic rings. The molecule has 0 unspecified atom stereocenters. The number of amides is 2. The van der Waals surface area contributed by atoms with Gasteiger partial charge in [-0.15, -0.1) is 0 Å². The van der Waals surface area contributed by atoms with Crippen LogP contribution < -0.4 is 10.6 Å². The molecule has 1 saturated heterocycles. The number of para-hydroxylation sites is 2. The number of carboxylic acid groups (broad SMARTS) is 1. The molecule has 3 N–H and O–H groups in total. The molecule has 1 fully saturated rings. The molecule has 10 nitrogen and oxygen atoms in total. The molecule has 0 spiro atoms. The van der Waals surface area contributed by atoms with Gasteiger partial charge in [-0.25, -0.2) is 9.97 Å². The highest BCUT2D eigenvalue weighted by Crippen LogP contribution is 2.19. The number of benzene rings is 1. The van der Waals surface area contributed by atoms with E-state index in [0.717, 1.165) is 16.9 Å². The topological polar surface area (TPSA) is 135 Å². The minimum absolute atomic E-state index is 0.0575. The highest BCUT2D eigenvalue weighted by atomic mass is 16.3. The summed E-state index contributed by atoms with van der Waals surface area (Å²) in [4.78, 5) is 45.5. The first-order valence-corrected chi connectivity index (χ1v) is 9.73. The lowest BCUT2D eigenvalue weighted by atomic mass is 10.2. The largest absolute Gasteiger partial charge is 0.483 e. The number of piperazine rings is 1. The van der Waals surface area contributed by atoms with Gasteiger partial charge in [0.25, 0.3) is 12.4 Å². The Balaban J connectivity index is 0.000000858. The van der Waals surface area contributed by atoms with Crippen molar-refractivity contribution in [3.05, 3.63) is 54.0 Å². The SMILES string of the molecule is Cc1nc2ccccc2n1CC(=O)N1CCN(c2ncccc2C(N)=O)CC1.O=CO. The first kappa shape index (κ1) is 21.8. The monoisotopic (exact) mass is 424 g/mol. The average Bonchev–Trinajstić information content (AvgIpc) is 3.09. The Labute approximate surface area is 178 Å². The number of aromatic nitrogens is 3. The molecule has 3 heterocycles. The third-order valence-electron chi connectivity index (χ3n) is 5.12. The molecular formula is C21H24N6O4. The summed E-state index contributed by atoms with van der Waals surface area (Å²) < 4.78 is 1.95. The Morgan fingerprint density at radius 2 is 1.81 bits per heavy atom. The van der Waals surface area contributed by atoms with Crippen molar-refractivity contribution in [1.82, 2.24) is 19.4 Å². The number of fused-ring (bicyclic) bond motifs is 1. The molecule has 1 aromatic carbocycles. The molecule has 10 heteroatoms. The maximum atomic E-state index is 12.8. The second-order valence-corrected chi connectivity index (χ2v) is 6.95. The molecule has 162 valence electrons. The Hall–Kier alpha value is -3.95. The van der Waals surface area contributed by atoms with Gasteiger partial charge in [-0.2, -0.15) is 0 Å². The molecule has 2 aromatic heterocycles. The van der Waals surface area contributed by atoms with Crippen molar-refractivity contribution in [3.8, 4) is 0 Å². The Bertz CT molecular complexity index is 1090. The predicted octanol–water partition coefficient (Wildman–Crippen LogP) is 0.888. The van der Waals surface area contributed by atoms with Crippen molar-refractivity contribution >= 4 is 35.1 Å².